The first-order valence-electron chi connectivity index (χ1n) is 10.3. The number of fused-ring (bicyclic) bond motifs is 1. The fourth-order valence-corrected chi connectivity index (χ4v) is 4.71. The summed E-state index contributed by atoms with van der Waals surface area (Å²) in [7, 11) is 0. The van der Waals surface area contributed by atoms with E-state index in [-0.39, 0.29) is 23.8 Å². The second-order valence-corrected chi connectivity index (χ2v) is 8.93. The zero-order valence-electron chi connectivity index (χ0n) is 16.9. The van der Waals surface area contributed by atoms with E-state index in [0.29, 0.717) is 22.3 Å². The van der Waals surface area contributed by atoms with Crippen LogP contribution in [0.1, 0.15) is 25.3 Å². The Bertz CT molecular complexity index is 957. The topological polar surface area (TPSA) is 52.7 Å². The summed E-state index contributed by atoms with van der Waals surface area (Å²) in [6.07, 6.45) is 2.45. The summed E-state index contributed by atoms with van der Waals surface area (Å²) >= 11 is 11.9. The van der Waals surface area contributed by atoms with E-state index in [1.165, 1.54) is 5.56 Å². The van der Waals surface area contributed by atoms with Crippen molar-refractivity contribution in [2.24, 2.45) is 5.92 Å². The molecule has 2 aliphatic rings. The largest absolute Gasteiger partial charge is 0.325 e. The molecule has 0 spiro atoms. The molecule has 2 amide bonds. The molecule has 2 aliphatic heterocycles. The summed E-state index contributed by atoms with van der Waals surface area (Å²) in [6, 6.07) is 13.4. The normalized spacial score (nSPS) is 19.6. The van der Waals surface area contributed by atoms with E-state index in [2.05, 4.69) is 23.2 Å². The van der Waals surface area contributed by atoms with Gasteiger partial charge in [0.2, 0.25) is 11.8 Å². The molecule has 7 heteroatoms. The molecule has 5 nitrogen and oxygen atoms in total. The lowest BCUT2D eigenvalue weighted by atomic mass is 9.94. The third-order valence-corrected chi connectivity index (χ3v) is 6.69. The van der Waals surface area contributed by atoms with Crippen LogP contribution in [0.25, 0.3) is 0 Å². The van der Waals surface area contributed by atoms with Gasteiger partial charge in [0.25, 0.3) is 0 Å². The summed E-state index contributed by atoms with van der Waals surface area (Å²) in [5, 5.41) is 3.72. The number of para-hydroxylation sites is 1. The summed E-state index contributed by atoms with van der Waals surface area (Å²) in [5.41, 5.74) is 2.93. The Hall–Kier alpha value is -2.08. The molecule has 2 heterocycles. The molecule has 0 bridgehead atoms. The average Bonchev–Trinajstić information content (AvgIpc) is 3.06. The number of benzene rings is 2. The number of halogens is 2. The molecule has 1 saturated heterocycles. The molecule has 1 atom stereocenters. The average molecular weight is 446 g/mol. The molecule has 158 valence electrons. The number of nitrogens with one attached hydrogen (secondary N) is 1. The Kier molecular flexibility index (Phi) is 6.32. The van der Waals surface area contributed by atoms with Crippen LogP contribution in [0.5, 0.6) is 0 Å². The van der Waals surface area contributed by atoms with Crippen LogP contribution >= 0.6 is 23.2 Å². The van der Waals surface area contributed by atoms with Crippen molar-refractivity contribution in [1.82, 2.24) is 4.90 Å². The van der Waals surface area contributed by atoms with Gasteiger partial charge in [0.05, 0.1) is 16.6 Å². The summed E-state index contributed by atoms with van der Waals surface area (Å²) in [6.45, 7) is 3.87. The van der Waals surface area contributed by atoms with Crippen LogP contribution in [0.2, 0.25) is 10.0 Å². The van der Waals surface area contributed by atoms with E-state index >= 15 is 0 Å². The molecule has 0 saturated carbocycles. The van der Waals surface area contributed by atoms with Gasteiger partial charge in [0, 0.05) is 23.3 Å². The van der Waals surface area contributed by atoms with Gasteiger partial charge in [-0.2, -0.15) is 0 Å². The van der Waals surface area contributed by atoms with Crippen molar-refractivity contribution in [1.29, 1.82) is 0 Å². The number of rotatable bonds is 4. The first kappa shape index (κ1) is 21.2. The molecular formula is C23H25Cl2N3O2. The molecule has 2 aromatic carbocycles. The fraction of sp³-hybridized carbons (Fsp3) is 0.391. The molecule has 30 heavy (non-hydrogen) atoms. The molecule has 1 unspecified atom stereocenters. The molecule has 1 fully saturated rings. The van der Waals surface area contributed by atoms with E-state index in [4.69, 9.17) is 23.2 Å². The Labute approximate surface area is 186 Å². The summed E-state index contributed by atoms with van der Waals surface area (Å²) in [4.78, 5) is 29.7. The van der Waals surface area contributed by atoms with Gasteiger partial charge in [0.15, 0.2) is 0 Å². The van der Waals surface area contributed by atoms with Gasteiger partial charge in [-0.1, -0.05) is 41.4 Å². The molecule has 0 aromatic heterocycles. The standard InChI is InChI=1S/C23H25Cl2N3O2/c1-15-12-17-4-2-3-5-21(17)28(15)23(30)16-8-10-27(11-9-16)14-22(29)26-18-6-7-19(24)20(25)13-18/h2-7,13,15-16H,8-12,14H2,1H3,(H,26,29). The smallest absolute Gasteiger partial charge is 0.238 e. The lowest BCUT2D eigenvalue weighted by Crippen LogP contribution is -2.46. The maximum absolute atomic E-state index is 13.2. The maximum Gasteiger partial charge on any atom is 0.238 e. The fourth-order valence-electron chi connectivity index (χ4n) is 4.41. The SMILES string of the molecule is CC1Cc2ccccc2N1C(=O)C1CCN(CC(=O)Nc2ccc(Cl)c(Cl)c2)CC1. The third kappa shape index (κ3) is 4.48. The Morgan fingerprint density at radius 3 is 2.53 bits per heavy atom. The molecule has 2 aromatic rings. The first-order valence-corrected chi connectivity index (χ1v) is 11.1. The van der Waals surface area contributed by atoms with Crippen LogP contribution in [0.15, 0.2) is 42.5 Å². The van der Waals surface area contributed by atoms with E-state index < -0.39 is 0 Å². The zero-order valence-corrected chi connectivity index (χ0v) is 18.4. The minimum Gasteiger partial charge on any atom is -0.325 e. The third-order valence-electron chi connectivity index (χ3n) is 5.95. The highest BCUT2D eigenvalue weighted by molar-refractivity contribution is 6.42. The van der Waals surface area contributed by atoms with Crippen molar-refractivity contribution < 1.29 is 9.59 Å². The van der Waals surface area contributed by atoms with Gasteiger partial charge in [-0.15, -0.1) is 0 Å². The van der Waals surface area contributed by atoms with Crippen LogP contribution in [-0.4, -0.2) is 42.4 Å². The second-order valence-electron chi connectivity index (χ2n) is 8.12. The molecule has 0 radical (unpaired) electrons. The van der Waals surface area contributed by atoms with Crippen molar-refractivity contribution in [3.8, 4) is 0 Å². The number of carbonyl (C=O) groups excluding carboxylic acids is 2. The Morgan fingerprint density at radius 2 is 1.80 bits per heavy atom. The highest BCUT2D eigenvalue weighted by atomic mass is 35.5. The van der Waals surface area contributed by atoms with Crippen LogP contribution in [-0.2, 0) is 16.0 Å². The Morgan fingerprint density at radius 1 is 1.07 bits per heavy atom. The van der Waals surface area contributed by atoms with Crippen LogP contribution in [0, 0.1) is 5.92 Å². The van der Waals surface area contributed by atoms with Gasteiger partial charge in [0.1, 0.15) is 0 Å². The number of nitrogens with zero attached hydrogens (tertiary/aromatic N) is 2. The number of likely N-dealkylation sites (tertiary alicyclic amines) is 1. The number of hydrogen-bond acceptors (Lipinski definition) is 3. The van der Waals surface area contributed by atoms with Crippen molar-refractivity contribution in [3.63, 3.8) is 0 Å². The van der Waals surface area contributed by atoms with Crippen LogP contribution in [0.3, 0.4) is 0 Å². The molecule has 1 N–H and O–H groups in total. The first-order chi connectivity index (χ1) is 14.4. The van der Waals surface area contributed by atoms with E-state index in [0.717, 1.165) is 38.0 Å². The van der Waals surface area contributed by atoms with Crippen molar-refractivity contribution in [3.05, 3.63) is 58.1 Å². The molecule has 4 rings (SSSR count). The van der Waals surface area contributed by atoms with E-state index in [1.807, 2.05) is 23.1 Å². The Balaban J connectivity index is 1.30. The number of carbonyl (C=O) groups is 2. The minimum absolute atomic E-state index is 0.00740. The lowest BCUT2D eigenvalue weighted by molar-refractivity contribution is -0.124. The van der Waals surface area contributed by atoms with Gasteiger partial charge < -0.3 is 10.2 Å². The number of anilines is 2. The monoisotopic (exact) mass is 445 g/mol. The minimum atomic E-state index is -0.0970. The van der Waals surface area contributed by atoms with Gasteiger partial charge in [-0.05, 0) is 69.1 Å². The predicted molar refractivity (Wildman–Crippen MR) is 121 cm³/mol. The van der Waals surface area contributed by atoms with Gasteiger partial charge in [-0.25, -0.2) is 0 Å². The number of hydrogen-bond donors (Lipinski definition) is 1. The molecule has 0 aliphatic carbocycles. The quantitative estimate of drug-likeness (QED) is 0.746. The van der Waals surface area contributed by atoms with E-state index in [9.17, 15) is 9.59 Å². The van der Waals surface area contributed by atoms with Crippen LogP contribution < -0.4 is 10.2 Å². The predicted octanol–water partition coefficient (Wildman–Crippen LogP) is 4.62. The lowest BCUT2D eigenvalue weighted by Gasteiger charge is -2.34. The zero-order chi connectivity index (χ0) is 21.3. The molecular weight excluding hydrogens is 421 g/mol. The van der Waals surface area contributed by atoms with Crippen molar-refractivity contribution in [2.45, 2.75) is 32.2 Å². The summed E-state index contributed by atoms with van der Waals surface area (Å²) in [5.74, 6) is 0.126. The summed E-state index contributed by atoms with van der Waals surface area (Å²) < 4.78 is 0. The highest BCUT2D eigenvalue weighted by Crippen LogP contribution is 2.34. The van der Waals surface area contributed by atoms with Crippen LogP contribution in [0.4, 0.5) is 11.4 Å². The van der Waals surface area contributed by atoms with Crippen molar-refractivity contribution >= 4 is 46.4 Å². The number of piperidine rings is 1. The van der Waals surface area contributed by atoms with Gasteiger partial charge >= 0.3 is 0 Å². The highest BCUT2D eigenvalue weighted by Gasteiger charge is 2.36. The maximum atomic E-state index is 13.2. The van der Waals surface area contributed by atoms with Crippen molar-refractivity contribution in [2.75, 3.05) is 29.9 Å². The second kappa shape index (κ2) is 8.96. The number of amides is 2. The van der Waals surface area contributed by atoms with E-state index in [1.54, 1.807) is 18.2 Å². The van der Waals surface area contributed by atoms with Gasteiger partial charge in [-0.3, -0.25) is 14.5 Å².